The van der Waals surface area contributed by atoms with Crippen LogP contribution in [0.15, 0.2) is 29.2 Å². The van der Waals surface area contributed by atoms with Crippen LogP contribution >= 0.6 is 11.8 Å². The number of carbonyl (C=O) groups excluding carboxylic acids is 1. The Morgan fingerprint density at radius 3 is 2.65 bits per heavy atom. The molecule has 1 saturated heterocycles. The number of piperidine rings is 1. The van der Waals surface area contributed by atoms with Gasteiger partial charge in [0.05, 0.1) is 5.41 Å². The lowest BCUT2D eigenvalue weighted by molar-refractivity contribution is -0.125. The molecule has 1 aliphatic rings. The summed E-state index contributed by atoms with van der Waals surface area (Å²) >= 11 is 0.497. The number of rotatable bonds is 4. The number of carbonyl (C=O) groups is 1. The second-order valence-corrected chi connectivity index (χ2v) is 6.26. The van der Waals surface area contributed by atoms with Crippen LogP contribution in [0.5, 0.6) is 0 Å². The van der Waals surface area contributed by atoms with Crippen LogP contribution in [0.3, 0.4) is 0 Å². The molecule has 0 spiro atoms. The third kappa shape index (κ3) is 3.93. The van der Waals surface area contributed by atoms with Crippen molar-refractivity contribution in [1.29, 1.82) is 0 Å². The normalized spacial score (nSPS) is 22.8. The zero-order valence-corrected chi connectivity index (χ0v) is 12.1. The Hall–Kier alpha value is -1.14. The molecule has 0 bridgehead atoms. The van der Waals surface area contributed by atoms with E-state index in [1.165, 1.54) is 0 Å². The van der Waals surface area contributed by atoms with Gasteiger partial charge in [0.1, 0.15) is 0 Å². The number of halogens is 2. The molecule has 0 saturated carbocycles. The average Bonchev–Trinajstić information content (AvgIpc) is 2.41. The molecular weight excluding hydrogens is 282 g/mol. The van der Waals surface area contributed by atoms with Crippen LogP contribution in [0, 0.1) is 5.41 Å². The van der Waals surface area contributed by atoms with E-state index in [9.17, 15) is 13.6 Å². The molecule has 1 amide bonds. The van der Waals surface area contributed by atoms with Gasteiger partial charge in [-0.05, 0) is 50.6 Å². The lowest BCUT2D eigenvalue weighted by atomic mass is 9.82. The second-order valence-electron chi connectivity index (χ2n) is 5.20. The van der Waals surface area contributed by atoms with Crippen LogP contribution in [-0.2, 0) is 4.79 Å². The Morgan fingerprint density at radius 1 is 1.40 bits per heavy atom. The first-order valence-corrected chi connectivity index (χ1v) is 7.45. The Labute approximate surface area is 121 Å². The lowest BCUT2D eigenvalue weighted by Gasteiger charge is -2.32. The third-order valence-corrected chi connectivity index (χ3v) is 4.21. The van der Waals surface area contributed by atoms with Crippen molar-refractivity contribution in [3.63, 3.8) is 0 Å². The van der Waals surface area contributed by atoms with E-state index in [0.717, 1.165) is 19.4 Å². The van der Waals surface area contributed by atoms with Crippen molar-refractivity contribution in [3.05, 3.63) is 24.3 Å². The van der Waals surface area contributed by atoms with E-state index in [0.29, 0.717) is 28.9 Å². The molecule has 1 aromatic carbocycles. The maximum absolute atomic E-state index is 12.3. The Balaban J connectivity index is 1.97. The fraction of sp³-hybridized carbons (Fsp3) is 0.500. The van der Waals surface area contributed by atoms with Gasteiger partial charge in [0.25, 0.3) is 5.76 Å². The molecule has 1 fully saturated rings. The minimum atomic E-state index is -2.43. The summed E-state index contributed by atoms with van der Waals surface area (Å²) in [4.78, 5) is 12.8. The molecule has 0 radical (unpaired) electrons. The number of alkyl halides is 2. The van der Waals surface area contributed by atoms with E-state index in [2.05, 4.69) is 10.6 Å². The van der Waals surface area contributed by atoms with Gasteiger partial charge in [-0.2, -0.15) is 8.78 Å². The van der Waals surface area contributed by atoms with Crippen molar-refractivity contribution in [2.24, 2.45) is 5.41 Å². The molecule has 1 aliphatic heterocycles. The summed E-state index contributed by atoms with van der Waals surface area (Å²) in [6.07, 6.45) is 1.83. The van der Waals surface area contributed by atoms with Gasteiger partial charge in [-0.1, -0.05) is 11.8 Å². The molecule has 20 heavy (non-hydrogen) atoms. The quantitative estimate of drug-likeness (QED) is 0.838. The minimum absolute atomic E-state index is 0.0287. The first kappa shape index (κ1) is 15.3. The van der Waals surface area contributed by atoms with Crippen LogP contribution in [0.25, 0.3) is 0 Å². The summed E-state index contributed by atoms with van der Waals surface area (Å²) in [6.45, 7) is 3.55. The van der Waals surface area contributed by atoms with Crippen molar-refractivity contribution in [3.8, 4) is 0 Å². The first-order valence-electron chi connectivity index (χ1n) is 6.57. The smallest absolute Gasteiger partial charge is 0.288 e. The molecule has 0 aliphatic carbocycles. The van der Waals surface area contributed by atoms with E-state index in [1.807, 2.05) is 6.92 Å². The number of hydrogen-bond acceptors (Lipinski definition) is 3. The third-order valence-electron chi connectivity index (χ3n) is 3.48. The van der Waals surface area contributed by atoms with Crippen molar-refractivity contribution >= 4 is 23.4 Å². The Bertz CT molecular complexity index is 459. The number of anilines is 1. The minimum Gasteiger partial charge on any atom is -0.326 e. The van der Waals surface area contributed by atoms with E-state index < -0.39 is 11.2 Å². The molecule has 1 aromatic rings. The van der Waals surface area contributed by atoms with E-state index in [4.69, 9.17) is 0 Å². The summed E-state index contributed by atoms with van der Waals surface area (Å²) in [5.41, 5.74) is 0.231. The number of hydrogen-bond donors (Lipinski definition) is 2. The van der Waals surface area contributed by atoms with Crippen molar-refractivity contribution < 1.29 is 13.6 Å². The van der Waals surface area contributed by atoms with Gasteiger partial charge < -0.3 is 10.6 Å². The SMILES string of the molecule is CC1(C(=O)Nc2ccc(SC(F)F)cc2)CCCNC1. The standard InChI is InChI=1S/C14H18F2N2OS/c1-14(7-2-8-17-9-14)12(19)18-10-3-5-11(6-4-10)20-13(15)16/h3-6,13,17H,2,7-9H2,1H3,(H,18,19). The largest absolute Gasteiger partial charge is 0.326 e. The highest BCUT2D eigenvalue weighted by molar-refractivity contribution is 7.99. The fourth-order valence-electron chi connectivity index (χ4n) is 2.25. The van der Waals surface area contributed by atoms with Crippen LogP contribution in [-0.4, -0.2) is 24.8 Å². The van der Waals surface area contributed by atoms with Crippen LogP contribution < -0.4 is 10.6 Å². The highest BCUT2D eigenvalue weighted by Crippen LogP contribution is 2.29. The van der Waals surface area contributed by atoms with Crippen LogP contribution in [0.2, 0.25) is 0 Å². The molecule has 6 heteroatoms. The number of nitrogens with one attached hydrogen (secondary N) is 2. The van der Waals surface area contributed by atoms with Gasteiger partial charge in [0, 0.05) is 17.1 Å². The summed E-state index contributed by atoms with van der Waals surface area (Å²) < 4.78 is 24.4. The van der Waals surface area contributed by atoms with Crippen molar-refractivity contribution in [2.45, 2.75) is 30.4 Å². The molecule has 2 rings (SSSR count). The van der Waals surface area contributed by atoms with Gasteiger partial charge in [-0.3, -0.25) is 4.79 Å². The van der Waals surface area contributed by atoms with E-state index in [1.54, 1.807) is 24.3 Å². The van der Waals surface area contributed by atoms with E-state index >= 15 is 0 Å². The van der Waals surface area contributed by atoms with Crippen LogP contribution in [0.4, 0.5) is 14.5 Å². The highest BCUT2D eigenvalue weighted by atomic mass is 32.2. The second kappa shape index (κ2) is 6.54. The topological polar surface area (TPSA) is 41.1 Å². The molecule has 110 valence electrons. The molecule has 1 heterocycles. The lowest BCUT2D eigenvalue weighted by Crippen LogP contribution is -2.46. The zero-order valence-electron chi connectivity index (χ0n) is 11.3. The summed E-state index contributed by atoms with van der Waals surface area (Å²) in [5.74, 6) is -2.46. The summed E-state index contributed by atoms with van der Waals surface area (Å²) in [7, 11) is 0. The van der Waals surface area contributed by atoms with Gasteiger partial charge in [-0.15, -0.1) is 0 Å². The van der Waals surface area contributed by atoms with Crippen LogP contribution in [0.1, 0.15) is 19.8 Å². The van der Waals surface area contributed by atoms with Crippen molar-refractivity contribution in [1.82, 2.24) is 5.32 Å². The highest BCUT2D eigenvalue weighted by Gasteiger charge is 2.34. The molecule has 1 unspecified atom stereocenters. The Morgan fingerprint density at radius 2 is 2.10 bits per heavy atom. The summed E-state index contributed by atoms with van der Waals surface area (Å²) in [5, 5.41) is 6.08. The van der Waals surface area contributed by atoms with Gasteiger partial charge >= 0.3 is 0 Å². The first-order chi connectivity index (χ1) is 9.49. The molecule has 2 N–H and O–H groups in total. The monoisotopic (exact) mass is 300 g/mol. The number of amides is 1. The maximum atomic E-state index is 12.3. The van der Waals surface area contributed by atoms with Gasteiger partial charge in [0.15, 0.2) is 0 Å². The zero-order chi connectivity index (χ0) is 14.6. The van der Waals surface area contributed by atoms with Gasteiger partial charge in [-0.25, -0.2) is 0 Å². The molecule has 3 nitrogen and oxygen atoms in total. The summed E-state index contributed by atoms with van der Waals surface area (Å²) in [6, 6.07) is 6.49. The Kier molecular flexibility index (Phi) is 4.99. The maximum Gasteiger partial charge on any atom is 0.288 e. The van der Waals surface area contributed by atoms with Crippen molar-refractivity contribution in [2.75, 3.05) is 18.4 Å². The van der Waals surface area contributed by atoms with Gasteiger partial charge in [0.2, 0.25) is 5.91 Å². The fourth-order valence-corrected chi connectivity index (χ4v) is 2.75. The van der Waals surface area contributed by atoms with E-state index in [-0.39, 0.29) is 5.91 Å². The molecular formula is C14H18F2N2OS. The predicted molar refractivity (Wildman–Crippen MR) is 77.1 cm³/mol. The number of thioether (sulfide) groups is 1. The average molecular weight is 300 g/mol. The molecule has 0 aromatic heterocycles. The predicted octanol–water partition coefficient (Wildman–Crippen LogP) is 3.33. The number of benzene rings is 1. The molecule has 1 atom stereocenters.